The molecule has 1 N–H and O–H groups in total. The summed E-state index contributed by atoms with van der Waals surface area (Å²) < 4.78 is 5.07. The lowest BCUT2D eigenvalue weighted by molar-refractivity contribution is -0.116. The van der Waals surface area contributed by atoms with E-state index in [9.17, 15) is 9.59 Å². The Morgan fingerprint density at radius 2 is 2.39 bits per heavy atom. The molecule has 1 heterocycles. The minimum absolute atomic E-state index is 0.0317. The highest BCUT2D eigenvalue weighted by Gasteiger charge is 2.23. The Hall–Kier alpha value is -1.69. The van der Waals surface area contributed by atoms with Crippen molar-refractivity contribution in [3.8, 4) is 5.75 Å². The van der Waals surface area contributed by atoms with E-state index < -0.39 is 0 Å². The van der Waals surface area contributed by atoms with E-state index >= 15 is 0 Å². The SMILES string of the molecule is COc1cccc(NC(=O)CN2CCSC2=O)c1. The van der Waals surface area contributed by atoms with Crippen molar-refractivity contribution in [3.05, 3.63) is 24.3 Å². The van der Waals surface area contributed by atoms with Crippen molar-refractivity contribution in [2.45, 2.75) is 0 Å². The van der Waals surface area contributed by atoms with Gasteiger partial charge < -0.3 is 15.0 Å². The Kier molecular flexibility index (Phi) is 4.09. The number of nitrogens with one attached hydrogen (secondary N) is 1. The van der Waals surface area contributed by atoms with E-state index in [1.807, 2.05) is 0 Å². The predicted octanol–water partition coefficient (Wildman–Crippen LogP) is 1.80. The third kappa shape index (κ3) is 3.16. The minimum atomic E-state index is -0.195. The molecule has 0 radical (unpaired) electrons. The largest absolute Gasteiger partial charge is 0.497 e. The van der Waals surface area contributed by atoms with Gasteiger partial charge in [-0.1, -0.05) is 17.8 Å². The first kappa shape index (κ1) is 12.8. The molecule has 6 heteroatoms. The average Bonchev–Trinajstić information content (AvgIpc) is 2.75. The maximum Gasteiger partial charge on any atom is 0.282 e. The second kappa shape index (κ2) is 5.77. The topological polar surface area (TPSA) is 58.6 Å². The van der Waals surface area contributed by atoms with Crippen LogP contribution in [0.15, 0.2) is 24.3 Å². The van der Waals surface area contributed by atoms with Crippen LogP contribution in [0.2, 0.25) is 0 Å². The first-order chi connectivity index (χ1) is 8.69. The number of methoxy groups -OCH3 is 1. The van der Waals surface area contributed by atoms with E-state index in [1.54, 1.807) is 36.3 Å². The number of ether oxygens (including phenoxy) is 1. The summed E-state index contributed by atoms with van der Waals surface area (Å²) in [6.45, 7) is 0.734. The van der Waals surface area contributed by atoms with Gasteiger partial charge in [-0.25, -0.2) is 0 Å². The Morgan fingerprint density at radius 1 is 1.56 bits per heavy atom. The summed E-state index contributed by atoms with van der Waals surface area (Å²) in [5.74, 6) is 1.24. The molecular weight excluding hydrogens is 252 g/mol. The fourth-order valence-electron chi connectivity index (χ4n) is 1.64. The molecule has 1 saturated heterocycles. The van der Waals surface area contributed by atoms with Gasteiger partial charge in [-0.2, -0.15) is 0 Å². The molecule has 18 heavy (non-hydrogen) atoms. The van der Waals surface area contributed by atoms with E-state index in [4.69, 9.17) is 4.74 Å². The van der Waals surface area contributed by atoms with Crippen LogP contribution in [-0.4, -0.2) is 42.0 Å². The smallest absolute Gasteiger partial charge is 0.282 e. The van der Waals surface area contributed by atoms with Crippen LogP contribution in [0.3, 0.4) is 0 Å². The quantitative estimate of drug-likeness (QED) is 0.903. The van der Waals surface area contributed by atoms with E-state index in [-0.39, 0.29) is 17.7 Å². The van der Waals surface area contributed by atoms with Crippen LogP contribution in [0.4, 0.5) is 10.5 Å². The normalized spacial score (nSPS) is 14.7. The second-order valence-electron chi connectivity index (χ2n) is 3.82. The number of carbonyl (C=O) groups excluding carboxylic acids is 2. The third-order valence-electron chi connectivity index (χ3n) is 2.53. The lowest BCUT2D eigenvalue weighted by atomic mass is 10.3. The van der Waals surface area contributed by atoms with Crippen LogP contribution < -0.4 is 10.1 Å². The molecule has 0 atom stereocenters. The van der Waals surface area contributed by atoms with Gasteiger partial charge in [0.25, 0.3) is 5.24 Å². The molecule has 2 rings (SSSR count). The highest BCUT2D eigenvalue weighted by atomic mass is 32.2. The maximum atomic E-state index is 11.8. The fraction of sp³-hybridized carbons (Fsp3) is 0.333. The van der Waals surface area contributed by atoms with Gasteiger partial charge in [-0.3, -0.25) is 9.59 Å². The highest BCUT2D eigenvalue weighted by Crippen LogP contribution is 2.18. The van der Waals surface area contributed by atoms with Crippen LogP contribution in [-0.2, 0) is 4.79 Å². The number of thioether (sulfide) groups is 1. The van der Waals surface area contributed by atoms with Crippen LogP contribution >= 0.6 is 11.8 Å². The summed E-state index contributed by atoms with van der Waals surface area (Å²) in [6, 6.07) is 7.11. The Labute approximate surface area is 109 Å². The number of benzene rings is 1. The molecule has 0 spiro atoms. The van der Waals surface area contributed by atoms with E-state index in [1.165, 1.54) is 11.8 Å². The average molecular weight is 266 g/mol. The minimum Gasteiger partial charge on any atom is -0.497 e. The van der Waals surface area contributed by atoms with Crippen molar-refractivity contribution >= 4 is 28.6 Å². The van der Waals surface area contributed by atoms with Crippen LogP contribution in [0, 0.1) is 0 Å². The molecule has 96 valence electrons. The molecule has 1 aromatic rings. The lowest BCUT2D eigenvalue weighted by Crippen LogP contribution is -2.33. The highest BCUT2D eigenvalue weighted by molar-refractivity contribution is 8.13. The van der Waals surface area contributed by atoms with Gasteiger partial charge >= 0.3 is 0 Å². The molecule has 5 nitrogen and oxygen atoms in total. The number of amides is 2. The molecule has 2 amide bonds. The van der Waals surface area contributed by atoms with Gasteiger partial charge in [-0.15, -0.1) is 0 Å². The van der Waals surface area contributed by atoms with Crippen LogP contribution in [0.5, 0.6) is 5.75 Å². The Morgan fingerprint density at radius 3 is 3.06 bits per heavy atom. The number of carbonyl (C=O) groups is 2. The summed E-state index contributed by atoms with van der Waals surface area (Å²) in [4.78, 5) is 24.7. The van der Waals surface area contributed by atoms with E-state index in [0.717, 1.165) is 5.75 Å². The molecule has 1 fully saturated rings. The zero-order valence-electron chi connectivity index (χ0n) is 10.0. The zero-order chi connectivity index (χ0) is 13.0. The Bertz CT molecular complexity index is 464. The zero-order valence-corrected chi connectivity index (χ0v) is 10.8. The van der Waals surface area contributed by atoms with Crippen LogP contribution in [0.1, 0.15) is 0 Å². The van der Waals surface area contributed by atoms with Crippen molar-refractivity contribution in [2.24, 2.45) is 0 Å². The molecule has 0 aromatic heterocycles. The fourth-order valence-corrected chi connectivity index (χ4v) is 2.47. The maximum absolute atomic E-state index is 11.8. The van der Waals surface area contributed by atoms with Gasteiger partial charge in [0, 0.05) is 24.1 Å². The third-order valence-corrected chi connectivity index (χ3v) is 3.42. The van der Waals surface area contributed by atoms with Crippen molar-refractivity contribution in [2.75, 3.05) is 31.3 Å². The van der Waals surface area contributed by atoms with Crippen molar-refractivity contribution in [1.29, 1.82) is 0 Å². The van der Waals surface area contributed by atoms with Crippen molar-refractivity contribution in [3.63, 3.8) is 0 Å². The first-order valence-electron chi connectivity index (χ1n) is 5.54. The van der Waals surface area contributed by atoms with Crippen LogP contribution in [0.25, 0.3) is 0 Å². The van der Waals surface area contributed by atoms with E-state index in [2.05, 4.69) is 5.32 Å². The van der Waals surface area contributed by atoms with Gasteiger partial charge in [0.1, 0.15) is 12.3 Å². The molecule has 1 aliphatic rings. The molecule has 0 aliphatic carbocycles. The van der Waals surface area contributed by atoms with Gasteiger partial charge in [-0.05, 0) is 12.1 Å². The van der Waals surface area contributed by atoms with Gasteiger partial charge in [0.15, 0.2) is 0 Å². The summed E-state index contributed by atoms with van der Waals surface area (Å²) in [5.41, 5.74) is 0.665. The molecule has 0 bridgehead atoms. The summed E-state index contributed by atoms with van der Waals surface area (Å²) in [7, 11) is 1.57. The van der Waals surface area contributed by atoms with Gasteiger partial charge in [0.2, 0.25) is 5.91 Å². The lowest BCUT2D eigenvalue weighted by Gasteiger charge is -2.14. The molecule has 1 aromatic carbocycles. The molecule has 0 unspecified atom stereocenters. The molecular formula is C12H14N2O3S. The second-order valence-corrected chi connectivity index (χ2v) is 4.86. The number of hydrogen-bond donors (Lipinski definition) is 1. The number of rotatable bonds is 4. The number of nitrogens with zero attached hydrogens (tertiary/aromatic N) is 1. The van der Waals surface area contributed by atoms with Crippen molar-refractivity contribution < 1.29 is 14.3 Å². The standard InChI is InChI=1S/C12H14N2O3S/c1-17-10-4-2-3-9(7-10)13-11(15)8-14-5-6-18-12(14)16/h2-4,7H,5-6,8H2,1H3,(H,13,15). The number of hydrogen-bond acceptors (Lipinski definition) is 4. The summed E-state index contributed by atoms with van der Waals surface area (Å²) in [6.07, 6.45) is 0. The van der Waals surface area contributed by atoms with Crippen molar-refractivity contribution in [1.82, 2.24) is 4.90 Å². The predicted molar refractivity (Wildman–Crippen MR) is 71.1 cm³/mol. The summed E-state index contributed by atoms with van der Waals surface area (Å²) in [5, 5.41) is 2.71. The molecule has 0 saturated carbocycles. The van der Waals surface area contributed by atoms with Gasteiger partial charge in [0.05, 0.1) is 7.11 Å². The Balaban J connectivity index is 1.92. The van der Waals surface area contributed by atoms with E-state index in [0.29, 0.717) is 18.0 Å². The monoisotopic (exact) mass is 266 g/mol. The summed E-state index contributed by atoms with van der Waals surface area (Å²) >= 11 is 1.25. The first-order valence-corrected chi connectivity index (χ1v) is 6.53. The number of anilines is 1. The molecule has 1 aliphatic heterocycles.